The van der Waals surface area contributed by atoms with Crippen molar-refractivity contribution in [1.29, 1.82) is 0 Å². The first-order valence-corrected chi connectivity index (χ1v) is 6.46. The van der Waals surface area contributed by atoms with Crippen LogP contribution in [0.25, 0.3) is 0 Å². The Hall–Kier alpha value is -1.98. The molecule has 1 aromatic carbocycles. The van der Waals surface area contributed by atoms with E-state index in [0.29, 0.717) is 0 Å². The predicted octanol–water partition coefficient (Wildman–Crippen LogP) is 1.84. The van der Waals surface area contributed by atoms with Gasteiger partial charge in [-0.2, -0.15) is 0 Å². The number of hydrogen-bond donors (Lipinski definition) is 1. The minimum Gasteiger partial charge on any atom is -0.344 e. The maximum absolute atomic E-state index is 13.3. The summed E-state index contributed by atoms with van der Waals surface area (Å²) < 4.78 is 26.3. The summed E-state index contributed by atoms with van der Waals surface area (Å²) in [6, 6.07) is 2.63. The van der Waals surface area contributed by atoms with E-state index in [1.165, 1.54) is 11.0 Å². The fourth-order valence-electron chi connectivity index (χ4n) is 2.16. The Labute approximate surface area is 115 Å². The van der Waals surface area contributed by atoms with Crippen LogP contribution in [0.4, 0.5) is 14.5 Å². The summed E-state index contributed by atoms with van der Waals surface area (Å²) in [5.41, 5.74) is 0.260. The number of halogens is 2. The van der Waals surface area contributed by atoms with Gasteiger partial charge in [-0.25, -0.2) is 8.78 Å². The summed E-state index contributed by atoms with van der Waals surface area (Å²) >= 11 is 0. The van der Waals surface area contributed by atoms with Gasteiger partial charge in [-0.05, 0) is 18.1 Å². The van der Waals surface area contributed by atoms with Crippen LogP contribution in [0, 0.1) is 17.6 Å². The number of amides is 2. The predicted molar refractivity (Wildman–Crippen MR) is 70.1 cm³/mol. The molecule has 1 aliphatic rings. The van der Waals surface area contributed by atoms with Gasteiger partial charge < -0.3 is 10.2 Å². The van der Waals surface area contributed by atoms with Gasteiger partial charge in [0.25, 0.3) is 0 Å². The van der Waals surface area contributed by atoms with Crippen LogP contribution in [-0.4, -0.2) is 24.4 Å². The quantitative estimate of drug-likeness (QED) is 0.900. The fraction of sp³-hybridized carbons (Fsp3) is 0.429. The lowest BCUT2D eigenvalue weighted by atomic mass is 10.0. The first-order chi connectivity index (χ1) is 9.40. The van der Waals surface area contributed by atoms with E-state index in [4.69, 9.17) is 0 Å². The van der Waals surface area contributed by atoms with Gasteiger partial charge in [-0.1, -0.05) is 13.8 Å². The molecule has 20 heavy (non-hydrogen) atoms. The van der Waals surface area contributed by atoms with E-state index in [2.05, 4.69) is 5.32 Å². The average molecular weight is 282 g/mol. The normalized spacial score (nSPS) is 20.1. The number of anilines is 1. The van der Waals surface area contributed by atoms with Crippen molar-refractivity contribution in [3.05, 3.63) is 29.8 Å². The second-order valence-electron chi connectivity index (χ2n) is 5.13. The molecule has 0 saturated carbocycles. The number of nitrogens with zero attached hydrogens (tertiary/aromatic N) is 1. The molecule has 1 heterocycles. The Bertz CT molecular complexity index is 546. The Morgan fingerprint density at radius 2 is 1.95 bits per heavy atom. The summed E-state index contributed by atoms with van der Waals surface area (Å²) in [6.45, 7) is 3.79. The van der Waals surface area contributed by atoms with Crippen LogP contribution < -0.4 is 10.2 Å². The maximum Gasteiger partial charge on any atom is 0.249 e. The molecular formula is C14H16F2N2O2. The highest BCUT2D eigenvalue weighted by Crippen LogP contribution is 2.22. The summed E-state index contributed by atoms with van der Waals surface area (Å²) in [6.07, 6.45) is 0.133. The van der Waals surface area contributed by atoms with E-state index in [1.54, 1.807) is 0 Å². The SMILES string of the molecule is CC(C)C1NC(=O)CCN(c2ccc(F)c(F)c2)C1=O. The molecule has 1 fully saturated rings. The fourth-order valence-corrected chi connectivity index (χ4v) is 2.16. The molecule has 0 spiro atoms. The standard InChI is InChI=1S/C14H16F2N2O2/c1-8(2)13-14(20)18(6-5-12(19)17-13)9-3-4-10(15)11(16)7-9/h3-4,7-8,13H,5-6H2,1-2H3,(H,17,19). The summed E-state index contributed by atoms with van der Waals surface area (Å²) in [7, 11) is 0. The van der Waals surface area contributed by atoms with Crippen LogP contribution in [0.2, 0.25) is 0 Å². The first-order valence-electron chi connectivity index (χ1n) is 6.46. The van der Waals surface area contributed by atoms with E-state index in [0.717, 1.165) is 12.1 Å². The zero-order valence-electron chi connectivity index (χ0n) is 11.3. The molecule has 1 unspecified atom stereocenters. The van der Waals surface area contributed by atoms with Crippen LogP contribution in [0.15, 0.2) is 18.2 Å². The molecule has 4 nitrogen and oxygen atoms in total. The average Bonchev–Trinajstić information content (AvgIpc) is 2.53. The van der Waals surface area contributed by atoms with Gasteiger partial charge >= 0.3 is 0 Å². The molecule has 1 aromatic rings. The van der Waals surface area contributed by atoms with Gasteiger partial charge in [0.1, 0.15) is 6.04 Å². The van der Waals surface area contributed by atoms with Gasteiger partial charge in [-0.15, -0.1) is 0 Å². The number of rotatable bonds is 2. The lowest BCUT2D eigenvalue weighted by Crippen LogP contribution is -2.47. The molecule has 0 aromatic heterocycles. The van der Waals surface area contributed by atoms with E-state index in [-0.39, 0.29) is 36.4 Å². The monoisotopic (exact) mass is 282 g/mol. The minimum absolute atomic E-state index is 0.0858. The van der Waals surface area contributed by atoms with E-state index in [9.17, 15) is 18.4 Å². The number of benzene rings is 1. The van der Waals surface area contributed by atoms with Crippen molar-refractivity contribution < 1.29 is 18.4 Å². The van der Waals surface area contributed by atoms with E-state index >= 15 is 0 Å². The highest BCUT2D eigenvalue weighted by Gasteiger charge is 2.32. The molecule has 0 aliphatic carbocycles. The molecule has 1 N–H and O–H groups in total. The summed E-state index contributed by atoms with van der Waals surface area (Å²) in [5, 5.41) is 2.66. The number of carbonyl (C=O) groups excluding carboxylic acids is 2. The Balaban J connectivity index is 2.35. The third-order valence-electron chi connectivity index (χ3n) is 3.29. The van der Waals surface area contributed by atoms with Gasteiger partial charge in [0.2, 0.25) is 11.8 Å². The second-order valence-corrected chi connectivity index (χ2v) is 5.13. The zero-order valence-corrected chi connectivity index (χ0v) is 11.3. The van der Waals surface area contributed by atoms with Crippen LogP contribution in [0.1, 0.15) is 20.3 Å². The molecular weight excluding hydrogens is 266 g/mol. The molecule has 0 bridgehead atoms. The Kier molecular flexibility index (Phi) is 4.01. The molecule has 0 radical (unpaired) electrons. The highest BCUT2D eigenvalue weighted by atomic mass is 19.2. The van der Waals surface area contributed by atoms with Gasteiger partial charge in [0, 0.05) is 24.7 Å². The van der Waals surface area contributed by atoms with Crippen LogP contribution >= 0.6 is 0 Å². The topological polar surface area (TPSA) is 49.4 Å². The lowest BCUT2D eigenvalue weighted by molar-refractivity contribution is -0.126. The van der Waals surface area contributed by atoms with Crippen molar-refractivity contribution in [3.8, 4) is 0 Å². The van der Waals surface area contributed by atoms with Crippen LogP contribution in [-0.2, 0) is 9.59 Å². The molecule has 2 rings (SSSR count). The second kappa shape index (κ2) is 5.56. The van der Waals surface area contributed by atoms with Gasteiger partial charge in [0.05, 0.1) is 0 Å². The molecule has 108 valence electrons. The van der Waals surface area contributed by atoms with Crippen molar-refractivity contribution in [2.24, 2.45) is 5.92 Å². The van der Waals surface area contributed by atoms with Crippen molar-refractivity contribution >= 4 is 17.5 Å². The number of hydrogen-bond acceptors (Lipinski definition) is 2. The largest absolute Gasteiger partial charge is 0.344 e. The van der Waals surface area contributed by atoms with Crippen LogP contribution in [0.3, 0.4) is 0 Å². The minimum atomic E-state index is -1.01. The summed E-state index contributed by atoms with van der Waals surface area (Å²) in [4.78, 5) is 25.4. The highest BCUT2D eigenvalue weighted by molar-refractivity contribution is 6.01. The Morgan fingerprint density at radius 3 is 2.55 bits per heavy atom. The maximum atomic E-state index is 13.3. The third-order valence-corrected chi connectivity index (χ3v) is 3.29. The van der Waals surface area contributed by atoms with Crippen molar-refractivity contribution in [2.75, 3.05) is 11.4 Å². The van der Waals surface area contributed by atoms with Gasteiger partial charge in [-0.3, -0.25) is 9.59 Å². The zero-order chi connectivity index (χ0) is 14.9. The third kappa shape index (κ3) is 2.79. The lowest BCUT2D eigenvalue weighted by Gasteiger charge is -2.26. The Morgan fingerprint density at radius 1 is 1.25 bits per heavy atom. The molecule has 6 heteroatoms. The van der Waals surface area contributed by atoms with E-state index < -0.39 is 17.7 Å². The number of nitrogens with one attached hydrogen (secondary N) is 1. The summed E-state index contributed by atoms with van der Waals surface area (Å²) in [5.74, 6) is -2.60. The molecule has 2 amide bonds. The van der Waals surface area contributed by atoms with Crippen molar-refractivity contribution in [2.45, 2.75) is 26.3 Å². The molecule has 1 atom stereocenters. The van der Waals surface area contributed by atoms with Crippen molar-refractivity contribution in [3.63, 3.8) is 0 Å². The first kappa shape index (κ1) is 14.4. The molecule has 1 saturated heterocycles. The smallest absolute Gasteiger partial charge is 0.249 e. The molecule has 1 aliphatic heterocycles. The van der Waals surface area contributed by atoms with Crippen LogP contribution in [0.5, 0.6) is 0 Å². The van der Waals surface area contributed by atoms with E-state index in [1.807, 2.05) is 13.8 Å². The van der Waals surface area contributed by atoms with Gasteiger partial charge in [0.15, 0.2) is 11.6 Å². The van der Waals surface area contributed by atoms with Crippen molar-refractivity contribution in [1.82, 2.24) is 5.32 Å². The number of carbonyl (C=O) groups is 2.